The third-order valence-electron chi connectivity index (χ3n) is 5.07. The zero-order valence-electron chi connectivity index (χ0n) is 16.7. The number of nitrogens with one attached hydrogen (secondary N) is 2. The molecule has 1 aliphatic rings. The van der Waals surface area contributed by atoms with Crippen molar-refractivity contribution in [2.75, 3.05) is 42.9 Å². The Kier molecular flexibility index (Phi) is 5.20. The maximum atomic E-state index is 10.7. The molecular formula is C19H26N8O2. The summed E-state index contributed by atoms with van der Waals surface area (Å²) >= 11 is 0. The van der Waals surface area contributed by atoms with Crippen LogP contribution in [0.4, 0.5) is 17.6 Å². The lowest BCUT2D eigenvalue weighted by atomic mass is 10.0. The minimum Gasteiger partial charge on any atom is -0.388 e. The number of aromatic nitrogens is 5. The fraction of sp³-hybridized carbons (Fsp3) is 0.474. The second kappa shape index (κ2) is 7.80. The molecule has 0 bridgehead atoms. The van der Waals surface area contributed by atoms with E-state index in [1.807, 2.05) is 35.8 Å². The molecule has 0 aliphatic carbocycles. The van der Waals surface area contributed by atoms with Gasteiger partial charge in [0.05, 0.1) is 5.60 Å². The molecule has 10 heteroatoms. The molecular weight excluding hydrogens is 372 g/mol. The minimum absolute atomic E-state index is 0.141. The van der Waals surface area contributed by atoms with Crippen molar-refractivity contribution < 1.29 is 9.90 Å². The standard InChI is InChI=1S/C19H26N8O2/c1-14-12-16(23-22-14)20-17-15-4-3-6-27(15)24-18(21-17)26-9-7-25(8-10-26)13-19(2,29)5-11-28/h3-4,6,11-12,29H,5,7-10,13H2,1-2H3,(H2,20,21,22,23,24). The summed E-state index contributed by atoms with van der Waals surface area (Å²) in [6.07, 6.45) is 2.81. The molecule has 4 heterocycles. The molecule has 0 amide bonds. The summed E-state index contributed by atoms with van der Waals surface area (Å²) in [6.45, 7) is 7.14. The summed E-state index contributed by atoms with van der Waals surface area (Å²) in [5, 5.41) is 25.4. The van der Waals surface area contributed by atoms with Gasteiger partial charge in [0.2, 0.25) is 5.95 Å². The Morgan fingerprint density at radius 2 is 2.14 bits per heavy atom. The van der Waals surface area contributed by atoms with Gasteiger partial charge >= 0.3 is 0 Å². The summed E-state index contributed by atoms with van der Waals surface area (Å²) in [6, 6.07) is 5.81. The van der Waals surface area contributed by atoms with Crippen molar-refractivity contribution in [3.63, 3.8) is 0 Å². The van der Waals surface area contributed by atoms with E-state index in [1.54, 1.807) is 6.92 Å². The van der Waals surface area contributed by atoms with Crippen molar-refractivity contribution in [3.8, 4) is 0 Å². The van der Waals surface area contributed by atoms with Crippen LogP contribution in [0.15, 0.2) is 24.4 Å². The summed E-state index contributed by atoms with van der Waals surface area (Å²) in [7, 11) is 0. The number of aryl methyl sites for hydroxylation is 1. The zero-order valence-corrected chi connectivity index (χ0v) is 16.7. The Labute approximate surface area is 168 Å². The van der Waals surface area contributed by atoms with Crippen LogP contribution >= 0.6 is 0 Å². The lowest BCUT2D eigenvalue weighted by molar-refractivity contribution is -0.112. The topological polar surface area (TPSA) is 115 Å². The second-order valence-corrected chi connectivity index (χ2v) is 7.79. The molecule has 29 heavy (non-hydrogen) atoms. The molecule has 1 fully saturated rings. The summed E-state index contributed by atoms with van der Waals surface area (Å²) in [4.78, 5) is 19.8. The van der Waals surface area contributed by atoms with Gasteiger partial charge in [-0.25, -0.2) is 4.52 Å². The molecule has 4 rings (SSSR count). The number of hydrogen-bond acceptors (Lipinski definition) is 8. The van der Waals surface area contributed by atoms with Gasteiger partial charge in [0.15, 0.2) is 11.6 Å². The maximum Gasteiger partial charge on any atom is 0.245 e. The quantitative estimate of drug-likeness (QED) is 0.504. The number of aliphatic hydroxyl groups is 1. The van der Waals surface area contributed by atoms with Gasteiger partial charge in [0.25, 0.3) is 0 Å². The highest BCUT2D eigenvalue weighted by Crippen LogP contribution is 2.23. The van der Waals surface area contributed by atoms with Gasteiger partial charge in [0, 0.05) is 57.1 Å². The number of carbonyl (C=O) groups excluding carboxylic acids is 1. The highest BCUT2D eigenvalue weighted by Gasteiger charge is 2.27. The Bertz CT molecular complexity index is 987. The van der Waals surface area contributed by atoms with Gasteiger partial charge in [0.1, 0.15) is 11.8 Å². The van der Waals surface area contributed by atoms with Crippen molar-refractivity contribution in [3.05, 3.63) is 30.1 Å². The predicted molar refractivity (Wildman–Crippen MR) is 110 cm³/mol. The third-order valence-corrected chi connectivity index (χ3v) is 5.07. The highest BCUT2D eigenvalue weighted by atomic mass is 16.3. The van der Waals surface area contributed by atoms with E-state index in [-0.39, 0.29) is 6.42 Å². The van der Waals surface area contributed by atoms with E-state index in [0.29, 0.717) is 24.1 Å². The fourth-order valence-corrected chi connectivity index (χ4v) is 3.58. The number of H-pyrrole nitrogens is 1. The summed E-state index contributed by atoms with van der Waals surface area (Å²) < 4.78 is 1.81. The van der Waals surface area contributed by atoms with Gasteiger partial charge < -0.3 is 20.1 Å². The van der Waals surface area contributed by atoms with E-state index in [2.05, 4.69) is 30.4 Å². The van der Waals surface area contributed by atoms with Crippen molar-refractivity contribution in [1.29, 1.82) is 0 Å². The monoisotopic (exact) mass is 398 g/mol. The first kappa shape index (κ1) is 19.3. The van der Waals surface area contributed by atoms with Gasteiger partial charge in [-0.15, -0.1) is 5.10 Å². The number of fused-ring (bicyclic) bond motifs is 1. The van der Waals surface area contributed by atoms with Crippen LogP contribution in [0.25, 0.3) is 5.52 Å². The lowest BCUT2D eigenvalue weighted by Gasteiger charge is -2.37. The van der Waals surface area contributed by atoms with Crippen LogP contribution < -0.4 is 10.2 Å². The molecule has 10 nitrogen and oxygen atoms in total. The largest absolute Gasteiger partial charge is 0.388 e. The van der Waals surface area contributed by atoms with Crippen LogP contribution in [0.1, 0.15) is 19.0 Å². The molecule has 1 aliphatic heterocycles. The van der Waals surface area contributed by atoms with E-state index in [9.17, 15) is 9.90 Å². The molecule has 154 valence electrons. The van der Waals surface area contributed by atoms with E-state index >= 15 is 0 Å². The van der Waals surface area contributed by atoms with Crippen LogP contribution in [-0.2, 0) is 4.79 Å². The normalized spacial score (nSPS) is 17.4. The second-order valence-electron chi connectivity index (χ2n) is 7.79. The number of aromatic amines is 1. The number of β-amino-alcohol motifs (C(OH)–C–C–N with tert-alkyl or cyclic N) is 1. The third kappa shape index (κ3) is 4.38. The fourth-order valence-electron chi connectivity index (χ4n) is 3.58. The molecule has 3 N–H and O–H groups in total. The molecule has 3 aromatic rings. The van der Waals surface area contributed by atoms with E-state index in [1.165, 1.54) is 0 Å². The van der Waals surface area contributed by atoms with E-state index < -0.39 is 5.60 Å². The first-order chi connectivity index (χ1) is 13.9. The van der Waals surface area contributed by atoms with Gasteiger partial charge in [-0.2, -0.15) is 10.1 Å². The molecule has 0 radical (unpaired) electrons. The van der Waals surface area contributed by atoms with Crippen molar-refractivity contribution in [2.45, 2.75) is 25.9 Å². The van der Waals surface area contributed by atoms with Crippen LogP contribution in [0.5, 0.6) is 0 Å². The Morgan fingerprint density at radius 3 is 2.83 bits per heavy atom. The molecule has 3 aromatic heterocycles. The van der Waals surface area contributed by atoms with Gasteiger partial charge in [-0.1, -0.05) is 0 Å². The molecule has 1 unspecified atom stereocenters. The molecule has 1 atom stereocenters. The van der Waals surface area contributed by atoms with Crippen LogP contribution in [0.3, 0.4) is 0 Å². The van der Waals surface area contributed by atoms with Crippen LogP contribution in [0, 0.1) is 6.92 Å². The number of rotatable bonds is 7. The molecule has 0 spiro atoms. The number of piperazine rings is 1. The van der Waals surface area contributed by atoms with E-state index in [0.717, 1.165) is 43.7 Å². The smallest absolute Gasteiger partial charge is 0.245 e. The summed E-state index contributed by atoms with van der Waals surface area (Å²) in [5.74, 6) is 2.04. The number of carbonyl (C=O) groups is 1. The van der Waals surface area contributed by atoms with E-state index in [4.69, 9.17) is 4.98 Å². The Hall–Kier alpha value is -2.98. The first-order valence-corrected chi connectivity index (χ1v) is 9.71. The van der Waals surface area contributed by atoms with Gasteiger partial charge in [-0.3, -0.25) is 10.00 Å². The average Bonchev–Trinajstić information content (AvgIpc) is 3.30. The number of anilines is 3. The molecule has 1 saturated heterocycles. The molecule has 0 saturated carbocycles. The predicted octanol–water partition coefficient (Wildman–Crippen LogP) is 0.966. The zero-order chi connectivity index (χ0) is 20.4. The Morgan fingerprint density at radius 1 is 1.34 bits per heavy atom. The van der Waals surface area contributed by atoms with Gasteiger partial charge in [-0.05, 0) is 26.0 Å². The lowest BCUT2D eigenvalue weighted by Crippen LogP contribution is -2.51. The number of hydrogen-bond donors (Lipinski definition) is 3. The number of nitrogens with zero attached hydrogens (tertiary/aromatic N) is 6. The molecule has 0 aromatic carbocycles. The average molecular weight is 398 g/mol. The number of aldehydes is 1. The van der Waals surface area contributed by atoms with Crippen molar-refractivity contribution in [2.24, 2.45) is 0 Å². The Balaban J connectivity index is 1.49. The minimum atomic E-state index is -0.997. The van der Waals surface area contributed by atoms with Crippen LogP contribution in [0.2, 0.25) is 0 Å². The van der Waals surface area contributed by atoms with Crippen molar-refractivity contribution >= 4 is 29.4 Å². The van der Waals surface area contributed by atoms with Crippen LogP contribution in [-0.4, -0.2) is 79.4 Å². The summed E-state index contributed by atoms with van der Waals surface area (Å²) in [5.41, 5.74) is 0.844. The van der Waals surface area contributed by atoms with Crippen molar-refractivity contribution in [1.82, 2.24) is 29.7 Å². The SMILES string of the molecule is Cc1cc(Nc2nc(N3CCN(CC(C)(O)CC=O)CC3)nn3cccc23)n[nH]1. The maximum absolute atomic E-state index is 10.7. The highest BCUT2D eigenvalue weighted by molar-refractivity contribution is 5.73. The first-order valence-electron chi connectivity index (χ1n) is 9.71.